The second-order valence-corrected chi connectivity index (χ2v) is 5.80. The van der Waals surface area contributed by atoms with Gasteiger partial charge in [-0.15, -0.1) is 17.0 Å². The molecule has 0 spiro atoms. The van der Waals surface area contributed by atoms with E-state index in [4.69, 9.17) is 10.5 Å². The number of hydrogen-bond acceptors (Lipinski definition) is 5. The molecular weight excluding hydrogens is 404 g/mol. The van der Waals surface area contributed by atoms with E-state index in [0.717, 1.165) is 30.5 Å². The molecule has 0 saturated carbocycles. The number of aryl methyl sites for hydroxylation is 1. The Bertz CT molecular complexity index is 726. The molecule has 0 bridgehead atoms. The number of nitrogen functional groups attached to an aromatic ring is 1. The summed E-state index contributed by atoms with van der Waals surface area (Å²) in [6, 6.07) is 1.75. The van der Waals surface area contributed by atoms with Gasteiger partial charge in [0.25, 0.3) is 5.56 Å². The highest BCUT2D eigenvalue weighted by atomic mass is 79.9. The fourth-order valence-corrected chi connectivity index (χ4v) is 3.03. The molecule has 1 atom stereocenters. The highest BCUT2D eigenvalue weighted by Crippen LogP contribution is 2.25. The minimum Gasteiger partial charge on any atom is -0.379 e. The summed E-state index contributed by atoms with van der Waals surface area (Å²) in [6.07, 6.45) is 1.83. The first-order chi connectivity index (χ1) is 9.58. The van der Waals surface area contributed by atoms with Crippen molar-refractivity contribution in [2.75, 3.05) is 18.9 Å². The summed E-state index contributed by atoms with van der Waals surface area (Å²) in [6.45, 7) is 3.13. The fraction of sp³-hybridized carbons (Fsp3) is 0.462. The Hall–Kier alpha value is -0.990. The molecular formula is C13H16Br2N4O2. The summed E-state index contributed by atoms with van der Waals surface area (Å²) >= 11 is 3.33. The quantitative estimate of drug-likeness (QED) is 0.767. The van der Waals surface area contributed by atoms with Gasteiger partial charge in [-0.3, -0.25) is 9.36 Å². The predicted molar refractivity (Wildman–Crippen MR) is 90.1 cm³/mol. The van der Waals surface area contributed by atoms with E-state index < -0.39 is 0 Å². The molecule has 1 unspecified atom stereocenters. The van der Waals surface area contributed by atoms with Crippen LogP contribution in [0.5, 0.6) is 0 Å². The fourth-order valence-electron chi connectivity index (χ4n) is 2.61. The Morgan fingerprint density at radius 2 is 2.24 bits per heavy atom. The molecule has 1 saturated heterocycles. The van der Waals surface area contributed by atoms with Crippen molar-refractivity contribution >= 4 is 49.9 Å². The lowest BCUT2D eigenvalue weighted by Crippen LogP contribution is -2.31. The number of halogens is 2. The van der Waals surface area contributed by atoms with E-state index in [0.29, 0.717) is 16.7 Å². The molecule has 21 heavy (non-hydrogen) atoms. The molecule has 0 aliphatic carbocycles. The van der Waals surface area contributed by atoms with Gasteiger partial charge in [0, 0.05) is 12.0 Å². The number of anilines is 1. The Kier molecular flexibility index (Phi) is 5.00. The van der Waals surface area contributed by atoms with Gasteiger partial charge in [0.2, 0.25) is 5.95 Å². The molecule has 2 aromatic rings. The number of aromatic nitrogens is 3. The van der Waals surface area contributed by atoms with E-state index in [-0.39, 0.29) is 34.5 Å². The second kappa shape index (κ2) is 6.41. The van der Waals surface area contributed by atoms with Gasteiger partial charge in [-0.25, -0.2) is 4.98 Å². The number of ether oxygens (including phenoxy) is 1. The third kappa shape index (κ3) is 2.97. The third-order valence-corrected chi connectivity index (χ3v) is 4.13. The minimum absolute atomic E-state index is 0. The maximum atomic E-state index is 12.5. The van der Waals surface area contributed by atoms with Crippen molar-refractivity contribution < 1.29 is 4.74 Å². The van der Waals surface area contributed by atoms with Crippen LogP contribution in [0.2, 0.25) is 0 Å². The normalized spacial score (nSPS) is 18.5. The lowest BCUT2D eigenvalue weighted by atomic mass is 10.1. The number of nitrogens with two attached hydrogens (primary N) is 1. The Morgan fingerprint density at radius 1 is 1.48 bits per heavy atom. The van der Waals surface area contributed by atoms with Crippen molar-refractivity contribution in [1.29, 1.82) is 0 Å². The van der Waals surface area contributed by atoms with E-state index >= 15 is 0 Å². The van der Waals surface area contributed by atoms with Crippen LogP contribution in [0.3, 0.4) is 0 Å². The van der Waals surface area contributed by atoms with E-state index in [2.05, 4.69) is 25.9 Å². The van der Waals surface area contributed by atoms with Gasteiger partial charge in [-0.05, 0) is 41.8 Å². The Morgan fingerprint density at radius 3 is 2.90 bits per heavy atom. The standard InChI is InChI=1S/C13H15BrN4O2.BrH/c1-7-9-5-10(14)12(19)18(8-3-2-4-20-6-8)11(9)17-13(15)16-7;/h5,8H,2-4,6H2,1H3,(H2,15,16,17);1H. The van der Waals surface area contributed by atoms with Gasteiger partial charge in [0.05, 0.1) is 22.8 Å². The van der Waals surface area contributed by atoms with Crippen LogP contribution >= 0.6 is 32.9 Å². The molecule has 114 valence electrons. The monoisotopic (exact) mass is 418 g/mol. The second-order valence-electron chi connectivity index (χ2n) is 4.94. The Labute approximate surface area is 140 Å². The van der Waals surface area contributed by atoms with Crippen molar-refractivity contribution in [2.24, 2.45) is 0 Å². The minimum atomic E-state index is -0.106. The van der Waals surface area contributed by atoms with Crippen molar-refractivity contribution in [3.05, 3.63) is 26.6 Å². The van der Waals surface area contributed by atoms with Crippen molar-refractivity contribution in [1.82, 2.24) is 14.5 Å². The summed E-state index contributed by atoms with van der Waals surface area (Å²) in [5.74, 6) is 0.183. The number of nitrogens with zero attached hydrogens (tertiary/aromatic N) is 3. The maximum Gasteiger partial charge on any atom is 0.266 e. The highest BCUT2D eigenvalue weighted by molar-refractivity contribution is 9.10. The van der Waals surface area contributed by atoms with Crippen LogP contribution < -0.4 is 11.3 Å². The number of fused-ring (bicyclic) bond motifs is 1. The van der Waals surface area contributed by atoms with E-state index in [1.165, 1.54) is 0 Å². The van der Waals surface area contributed by atoms with E-state index in [9.17, 15) is 4.79 Å². The van der Waals surface area contributed by atoms with Crippen LogP contribution in [0.1, 0.15) is 24.6 Å². The molecule has 8 heteroatoms. The zero-order chi connectivity index (χ0) is 14.3. The van der Waals surface area contributed by atoms with Crippen LogP contribution in [-0.4, -0.2) is 27.7 Å². The van der Waals surface area contributed by atoms with Crippen LogP contribution in [0.4, 0.5) is 5.95 Å². The molecule has 1 aliphatic rings. The highest BCUT2D eigenvalue weighted by Gasteiger charge is 2.22. The SMILES string of the molecule is Br.Cc1nc(N)nc2c1cc(Br)c(=O)n2C1CCCOC1. The van der Waals surface area contributed by atoms with E-state index in [1.54, 1.807) is 10.6 Å². The van der Waals surface area contributed by atoms with Gasteiger partial charge < -0.3 is 10.5 Å². The first-order valence-electron chi connectivity index (χ1n) is 6.50. The molecule has 0 aromatic carbocycles. The molecule has 2 aromatic heterocycles. The zero-order valence-electron chi connectivity index (χ0n) is 11.5. The lowest BCUT2D eigenvalue weighted by molar-refractivity contribution is 0.0592. The van der Waals surface area contributed by atoms with Gasteiger partial charge in [-0.1, -0.05) is 0 Å². The Balaban J connectivity index is 0.00000161. The largest absolute Gasteiger partial charge is 0.379 e. The van der Waals surface area contributed by atoms with Crippen LogP contribution in [-0.2, 0) is 4.74 Å². The molecule has 1 fully saturated rings. The smallest absolute Gasteiger partial charge is 0.266 e. The predicted octanol–water partition coefficient (Wildman–Crippen LogP) is 2.37. The van der Waals surface area contributed by atoms with Gasteiger partial charge in [0.15, 0.2) is 0 Å². The van der Waals surface area contributed by atoms with Crippen LogP contribution in [0, 0.1) is 6.92 Å². The first kappa shape index (κ1) is 16.4. The van der Waals surface area contributed by atoms with Crippen molar-refractivity contribution in [3.63, 3.8) is 0 Å². The van der Waals surface area contributed by atoms with Crippen LogP contribution in [0.15, 0.2) is 15.3 Å². The average molecular weight is 420 g/mol. The summed E-state index contributed by atoms with van der Waals surface area (Å²) in [5.41, 5.74) is 6.97. The molecule has 6 nitrogen and oxygen atoms in total. The molecule has 0 radical (unpaired) electrons. The lowest BCUT2D eigenvalue weighted by Gasteiger charge is -2.25. The summed E-state index contributed by atoms with van der Waals surface area (Å²) in [7, 11) is 0. The first-order valence-corrected chi connectivity index (χ1v) is 7.30. The average Bonchev–Trinajstić information content (AvgIpc) is 2.42. The summed E-state index contributed by atoms with van der Waals surface area (Å²) in [5, 5.41) is 0.830. The molecule has 3 heterocycles. The van der Waals surface area contributed by atoms with Gasteiger partial charge in [0.1, 0.15) is 5.65 Å². The van der Waals surface area contributed by atoms with Crippen molar-refractivity contribution in [3.8, 4) is 0 Å². The van der Waals surface area contributed by atoms with Gasteiger partial charge >= 0.3 is 0 Å². The molecule has 1 aliphatic heterocycles. The summed E-state index contributed by atoms with van der Waals surface area (Å²) in [4.78, 5) is 20.9. The maximum absolute atomic E-state index is 12.5. The van der Waals surface area contributed by atoms with Crippen LogP contribution in [0.25, 0.3) is 11.0 Å². The number of pyridine rings is 1. The topological polar surface area (TPSA) is 83.0 Å². The molecule has 0 amide bonds. The number of hydrogen-bond donors (Lipinski definition) is 1. The zero-order valence-corrected chi connectivity index (χ0v) is 14.8. The van der Waals surface area contributed by atoms with E-state index in [1.807, 2.05) is 6.92 Å². The number of rotatable bonds is 1. The van der Waals surface area contributed by atoms with Crippen molar-refractivity contribution in [2.45, 2.75) is 25.8 Å². The molecule has 2 N–H and O–H groups in total. The third-order valence-electron chi connectivity index (χ3n) is 3.56. The molecule has 3 rings (SSSR count). The van der Waals surface area contributed by atoms with Gasteiger partial charge in [-0.2, -0.15) is 4.98 Å². The summed E-state index contributed by atoms with van der Waals surface area (Å²) < 4.78 is 7.68.